The summed E-state index contributed by atoms with van der Waals surface area (Å²) in [5, 5.41) is 14.5. The number of carboxylic acid groups (broad SMARTS) is 1. The second-order valence-corrected chi connectivity index (χ2v) is 5.29. The highest BCUT2D eigenvalue weighted by molar-refractivity contribution is 5.92. The monoisotopic (exact) mass is 292 g/mol. The van der Waals surface area contributed by atoms with Crippen LogP contribution in [0.2, 0.25) is 0 Å². The second kappa shape index (κ2) is 6.58. The number of carbonyl (C=O) groups excluding carboxylic acids is 1. The van der Waals surface area contributed by atoms with Gasteiger partial charge in [-0.25, -0.2) is 9.59 Å². The molecular formula is C15H20N2O4. The SMILES string of the molecule is Cc1cc(C(=O)O)ccc1NC(=O)NCC1CCOC1C. The van der Waals surface area contributed by atoms with Crippen molar-refractivity contribution in [2.75, 3.05) is 18.5 Å². The van der Waals surface area contributed by atoms with E-state index in [1.54, 1.807) is 13.0 Å². The summed E-state index contributed by atoms with van der Waals surface area (Å²) in [4.78, 5) is 22.7. The van der Waals surface area contributed by atoms with Gasteiger partial charge in [0.05, 0.1) is 11.7 Å². The zero-order valence-corrected chi connectivity index (χ0v) is 12.2. The van der Waals surface area contributed by atoms with Crippen molar-refractivity contribution >= 4 is 17.7 Å². The third-order valence-electron chi connectivity index (χ3n) is 3.78. The van der Waals surface area contributed by atoms with Gasteiger partial charge >= 0.3 is 12.0 Å². The van der Waals surface area contributed by atoms with E-state index >= 15 is 0 Å². The molecule has 2 unspecified atom stereocenters. The summed E-state index contributed by atoms with van der Waals surface area (Å²) in [6.07, 6.45) is 1.12. The molecule has 6 nitrogen and oxygen atoms in total. The standard InChI is InChI=1S/C15H20N2O4/c1-9-7-11(14(18)19)3-4-13(9)17-15(20)16-8-12-5-6-21-10(12)2/h3-4,7,10,12H,5-6,8H2,1-2H3,(H,18,19)(H2,16,17,20). The molecule has 1 saturated heterocycles. The number of carbonyl (C=O) groups is 2. The van der Waals surface area contributed by atoms with Gasteiger partial charge in [-0.2, -0.15) is 0 Å². The Balaban J connectivity index is 1.89. The number of carboxylic acids is 1. The first-order chi connectivity index (χ1) is 9.97. The Kier molecular flexibility index (Phi) is 4.80. The Hall–Kier alpha value is -2.08. The molecule has 3 N–H and O–H groups in total. The van der Waals surface area contributed by atoms with Crippen molar-refractivity contribution in [3.05, 3.63) is 29.3 Å². The number of urea groups is 1. The molecule has 0 aromatic heterocycles. The van der Waals surface area contributed by atoms with Crippen molar-refractivity contribution in [3.63, 3.8) is 0 Å². The van der Waals surface area contributed by atoms with Crippen LogP contribution in [0, 0.1) is 12.8 Å². The molecule has 0 aliphatic carbocycles. The maximum absolute atomic E-state index is 11.9. The van der Waals surface area contributed by atoms with Gasteiger partial charge in [0, 0.05) is 24.8 Å². The summed E-state index contributed by atoms with van der Waals surface area (Å²) < 4.78 is 5.44. The fraction of sp³-hybridized carbons (Fsp3) is 0.467. The number of nitrogens with one attached hydrogen (secondary N) is 2. The van der Waals surface area contributed by atoms with Gasteiger partial charge in [-0.15, -0.1) is 0 Å². The molecule has 6 heteroatoms. The van der Waals surface area contributed by atoms with E-state index in [1.165, 1.54) is 12.1 Å². The minimum Gasteiger partial charge on any atom is -0.478 e. The van der Waals surface area contributed by atoms with Gasteiger partial charge in [0.1, 0.15) is 0 Å². The number of aryl methyl sites for hydroxylation is 1. The Morgan fingerprint density at radius 1 is 1.43 bits per heavy atom. The van der Waals surface area contributed by atoms with Crippen LogP contribution in [0.5, 0.6) is 0 Å². The molecule has 0 spiro atoms. The Morgan fingerprint density at radius 2 is 2.19 bits per heavy atom. The van der Waals surface area contributed by atoms with Crippen LogP contribution >= 0.6 is 0 Å². The van der Waals surface area contributed by atoms with Crippen molar-refractivity contribution in [1.82, 2.24) is 5.32 Å². The Bertz CT molecular complexity index is 544. The van der Waals surface area contributed by atoms with E-state index in [-0.39, 0.29) is 17.7 Å². The third kappa shape index (κ3) is 3.95. The van der Waals surface area contributed by atoms with Crippen LogP contribution in [-0.2, 0) is 4.74 Å². The average molecular weight is 292 g/mol. The van der Waals surface area contributed by atoms with Crippen LogP contribution in [0.3, 0.4) is 0 Å². The summed E-state index contributed by atoms with van der Waals surface area (Å²) in [7, 11) is 0. The van der Waals surface area contributed by atoms with Crippen LogP contribution < -0.4 is 10.6 Å². The normalized spacial score (nSPS) is 21.0. The Labute approximate surface area is 123 Å². The summed E-state index contributed by atoms with van der Waals surface area (Å²) in [5.41, 5.74) is 1.52. The number of rotatable bonds is 4. The molecule has 1 aromatic rings. The number of ether oxygens (including phenoxy) is 1. The average Bonchev–Trinajstić information content (AvgIpc) is 2.84. The largest absolute Gasteiger partial charge is 0.478 e. The first kappa shape index (κ1) is 15.3. The third-order valence-corrected chi connectivity index (χ3v) is 3.78. The highest BCUT2D eigenvalue weighted by Crippen LogP contribution is 2.20. The number of hydrogen-bond donors (Lipinski definition) is 3. The zero-order valence-electron chi connectivity index (χ0n) is 12.2. The van der Waals surface area contributed by atoms with Crippen LogP contribution in [-0.4, -0.2) is 36.4 Å². The van der Waals surface area contributed by atoms with E-state index < -0.39 is 5.97 Å². The van der Waals surface area contributed by atoms with Crippen LogP contribution in [0.15, 0.2) is 18.2 Å². The lowest BCUT2D eigenvalue weighted by Gasteiger charge is -2.15. The molecule has 0 saturated carbocycles. The molecule has 2 atom stereocenters. The fourth-order valence-corrected chi connectivity index (χ4v) is 2.37. The summed E-state index contributed by atoms with van der Waals surface area (Å²) >= 11 is 0. The van der Waals surface area contributed by atoms with Gasteiger partial charge in [-0.1, -0.05) is 0 Å². The van der Waals surface area contributed by atoms with Crippen molar-refractivity contribution in [2.45, 2.75) is 26.4 Å². The molecule has 1 heterocycles. The van der Waals surface area contributed by atoms with E-state index in [0.717, 1.165) is 13.0 Å². The van der Waals surface area contributed by atoms with Gasteiger partial charge < -0.3 is 20.5 Å². The zero-order chi connectivity index (χ0) is 15.4. The second-order valence-electron chi connectivity index (χ2n) is 5.29. The van der Waals surface area contributed by atoms with Gasteiger partial charge in [-0.3, -0.25) is 0 Å². The highest BCUT2D eigenvalue weighted by Gasteiger charge is 2.24. The predicted octanol–water partition coefficient (Wildman–Crippen LogP) is 2.24. The van der Waals surface area contributed by atoms with Crippen molar-refractivity contribution < 1.29 is 19.4 Å². The predicted molar refractivity (Wildman–Crippen MR) is 78.7 cm³/mol. The summed E-state index contributed by atoms with van der Waals surface area (Å²) in [6.45, 7) is 5.07. The van der Waals surface area contributed by atoms with E-state index in [2.05, 4.69) is 10.6 Å². The number of anilines is 1. The smallest absolute Gasteiger partial charge is 0.335 e. The number of amides is 2. The molecule has 1 aliphatic rings. The summed E-state index contributed by atoms with van der Waals surface area (Å²) in [5.74, 6) is -0.643. The topological polar surface area (TPSA) is 87.7 Å². The molecule has 2 rings (SSSR count). The molecule has 114 valence electrons. The van der Waals surface area contributed by atoms with Gasteiger partial charge in [0.15, 0.2) is 0 Å². The first-order valence-corrected chi connectivity index (χ1v) is 6.97. The lowest BCUT2D eigenvalue weighted by molar-refractivity contribution is 0.0696. The van der Waals surface area contributed by atoms with Gasteiger partial charge in [0.2, 0.25) is 0 Å². The summed E-state index contributed by atoms with van der Waals surface area (Å²) in [6, 6.07) is 4.31. The maximum atomic E-state index is 11.9. The molecular weight excluding hydrogens is 272 g/mol. The number of aromatic carboxylic acids is 1. The minimum absolute atomic E-state index is 0.168. The lowest BCUT2D eigenvalue weighted by Crippen LogP contribution is -2.35. The van der Waals surface area contributed by atoms with Crippen LogP contribution in [0.1, 0.15) is 29.3 Å². The van der Waals surface area contributed by atoms with Crippen LogP contribution in [0.4, 0.5) is 10.5 Å². The lowest BCUT2D eigenvalue weighted by atomic mass is 10.0. The van der Waals surface area contributed by atoms with E-state index in [1.807, 2.05) is 6.92 Å². The van der Waals surface area contributed by atoms with Crippen molar-refractivity contribution in [2.24, 2.45) is 5.92 Å². The molecule has 1 aromatic carbocycles. The molecule has 1 fully saturated rings. The van der Waals surface area contributed by atoms with Crippen molar-refractivity contribution in [1.29, 1.82) is 0 Å². The molecule has 0 radical (unpaired) electrons. The first-order valence-electron chi connectivity index (χ1n) is 6.97. The Morgan fingerprint density at radius 3 is 2.76 bits per heavy atom. The van der Waals surface area contributed by atoms with E-state index in [0.29, 0.717) is 23.7 Å². The number of hydrogen-bond acceptors (Lipinski definition) is 3. The van der Waals surface area contributed by atoms with Crippen molar-refractivity contribution in [3.8, 4) is 0 Å². The highest BCUT2D eigenvalue weighted by atomic mass is 16.5. The van der Waals surface area contributed by atoms with E-state index in [4.69, 9.17) is 9.84 Å². The molecule has 2 amide bonds. The number of benzene rings is 1. The quantitative estimate of drug-likeness (QED) is 0.794. The van der Waals surface area contributed by atoms with Crippen LogP contribution in [0.25, 0.3) is 0 Å². The molecule has 1 aliphatic heterocycles. The van der Waals surface area contributed by atoms with E-state index in [9.17, 15) is 9.59 Å². The minimum atomic E-state index is -0.982. The van der Waals surface area contributed by atoms with Gasteiger partial charge in [0.25, 0.3) is 0 Å². The fourth-order valence-electron chi connectivity index (χ4n) is 2.37. The molecule has 21 heavy (non-hydrogen) atoms. The maximum Gasteiger partial charge on any atom is 0.335 e. The molecule has 0 bridgehead atoms. The van der Waals surface area contributed by atoms with Gasteiger partial charge in [-0.05, 0) is 44.0 Å².